The minimum atomic E-state index is -0.00377. The van der Waals surface area contributed by atoms with Crippen molar-refractivity contribution in [1.82, 2.24) is 14.5 Å². The van der Waals surface area contributed by atoms with E-state index in [1.165, 1.54) is 18.4 Å². The minimum Gasteiger partial charge on any atom is -0.329 e. The largest absolute Gasteiger partial charge is 0.329 e. The van der Waals surface area contributed by atoms with Crippen molar-refractivity contribution in [3.63, 3.8) is 0 Å². The lowest BCUT2D eigenvalue weighted by Crippen LogP contribution is -2.38. The van der Waals surface area contributed by atoms with Gasteiger partial charge in [0.25, 0.3) is 0 Å². The number of nitrogens with zero attached hydrogens (tertiary/aromatic N) is 3. The Morgan fingerprint density at radius 2 is 2.00 bits per heavy atom. The van der Waals surface area contributed by atoms with E-state index in [1.807, 2.05) is 12.4 Å². The van der Waals surface area contributed by atoms with E-state index in [2.05, 4.69) is 36.4 Å². The lowest BCUT2D eigenvalue weighted by atomic mass is 9.84. The summed E-state index contributed by atoms with van der Waals surface area (Å²) < 4.78 is 2.38. The first kappa shape index (κ1) is 13.6. The molecular weight excluding hydrogens is 248 g/mol. The van der Waals surface area contributed by atoms with Crippen LogP contribution in [0.1, 0.15) is 52.3 Å². The molecule has 0 atom stereocenters. The topological polar surface area (TPSA) is 56.7 Å². The molecule has 2 heterocycles. The van der Waals surface area contributed by atoms with Gasteiger partial charge in [0.1, 0.15) is 11.3 Å². The number of pyridine rings is 1. The standard InChI is InChI=1S/C16H24N4/c1-15(2,3)20-13-6-9-18-10-12(13)19-14(20)16(11-17)7-4-5-8-16/h6,9-10H,4-5,7-8,11,17H2,1-3H3. The molecule has 0 spiro atoms. The number of rotatable bonds is 2. The summed E-state index contributed by atoms with van der Waals surface area (Å²) in [5.74, 6) is 1.16. The van der Waals surface area contributed by atoms with Gasteiger partial charge in [0.2, 0.25) is 0 Å². The van der Waals surface area contributed by atoms with Crippen LogP contribution in [0.2, 0.25) is 0 Å². The molecule has 4 nitrogen and oxygen atoms in total. The van der Waals surface area contributed by atoms with Gasteiger partial charge in [-0.2, -0.15) is 0 Å². The Bertz CT molecular complexity index is 615. The van der Waals surface area contributed by atoms with Crippen molar-refractivity contribution in [2.24, 2.45) is 5.73 Å². The van der Waals surface area contributed by atoms with E-state index >= 15 is 0 Å². The molecule has 20 heavy (non-hydrogen) atoms. The highest BCUT2D eigenvalue weighted by Gasteiger charge is 2.40. The van der Waals surface area contributed by atoms with Gasteiger partial charge < -0.3 is 10.3 Å². The third-order valence-corrected chi connectivity index (χ3v) is 4.55. The van der Waals surface area contributed by atoms with Crippen molar-refractivity contribution in [2.75, 3.05) is 6.54 Å². The second-order valence-corrected chi connectivity index (χ2v) is 7.00. The zero-order valence-corrected chi connectivity index (χ0v) is 12.7. The molecule has 1 aliphatic carbocycles. The summed E-state index contributed by atoms with van der Waals surface area (Å²) in [5.41, 5.74) is 8.36. The number of hydrogen-bond donors (Lipinski definition) is 1. The average Bonchev–Trinajstić information content (AvgIpc) is 3.03. The van der Waals surface area contributed by atoms with Gasteiger partial charge in [-0.15, -0.1) is 0 Å². The second kappa shape index (κ2) is 4.55. The van der Waals surface area contributed by atoms with Gasteiger partial charge >= 0.3 is 0 Å². The molecule has 2 aromatic heterocycles. The molecule has 0 bridgehead atoms. The number of fused-ring (bicyclic) bond motifs is 1. The fourth-order valence-corrected chi connectivity index (χ4v) is 3.54. The minimum absolute atomic E-state index is 0.00377. The van der Waals surface area contributed by atoms with Crippen LogP contribution in [-0.4, -0.2) is 21.1 Å². The molecule has 1 fully saturated rings. The van der Waals surface area contributed by atoms with Crippen LogP contribution >= 0.6 is 0 Å². The van der Waals surface area contributed by atoms with Crippen LogP contribution in [0.25, 0.3) is 11.0 Å². The molecule has 1 aliphatic rings. The van der Waals surface area contributed by atoms with Crippen LogP contribution in [0.15, 0.2) is 18.5 Å². The molecule has 2 aromatic rings. The first-order valence-corrected chi connectivity index (χ1v) is 7.51. The number of aromatic nitrogens is 3. The number of nitrogens with two attached hydrogens (primary N) is 1. The van der Waals surface area contributed by atoms with Crippen LogP contribution in [0.4, 0.5) is 0 Å². The van der Waals surface area contributed by atoms with Crippen LogP contribution in [0.5, 0.6) is 0 Å². The van der Waals surface area contributed by atoms with Crippen LogP contribution in [0.3, 0.4) is 0 Å². The molecule has 1 saturated carbocycles. The fraction of sp³-hybridized carbons (Fsp3) is 0.625. The Balaban J connectivity index is 2.29. The maximum absolute atomic E-state index is 6.17. The Morgan fingerprint density at radius 1 is 1.30 bits per heavy atom. The molecule has 3 rings (SSSR count). The van der Waals surface area contributed by atoms with Crippen molar-refractivity contribution in [3.8, 4) is 0 Å². The van der Waals surface area contributed by atoms with Gasteiger partial charge in [0.15, 0.2) is 0 Å². The van der Waals surface area contributed by atoms with E-state index in [0.29, 0.717) is 6.54 Å². The Morgan fingerprint density at radius 3 is 2.60 bits per heavy atom. The summed E-state index contributed by atoms with van der Waals surface area (Å²) in [4.78, 5) is 9.14. The Hall–Kier alpha value is -1.42. The normalized spacial score (nSPS) is 18.8. The zero-order valence-electron chi connectivity index (χ0n) is 12.7. The number of imidazole rings is 1. The molecule has 4 heteroatoms. The maximum Gasteiger partial charge on any atom is 0.117 e. The van der Waals surface area contributed by atoms with Gasteiger partial charge in [-0.05, 0) is 39.7 Å². The highest BCUT2D eigenvalue weighted by molar-refractivity contribution is 5.75. The fourth-order valence-electron chi connectivity index (χ4n) is 3.54. The SMILES string of the molecule is CC(C)(C)n1c(C2(CN)CCCC2)nc2cnccc21. The first-order valence-electron chi connectivity index (χ1n) is 7.51. The average molecular weight is 272 g/mol. The summed E-state index contributed by atoms with van der Waals surface area (Å²) in [5, 5.41) is 0. The van der Waals surface area contributed by atoms with Crippen LogP contribution < -0.4 is 5.73 Å². The molecule has 108 valence electrons. The van der Waals surface area contributed by atoms with E-state index in [0.717, 1.165) is 24.2 Å². The first-order chi connectivity index (χ1) is 9.48. The van der Waals surface area contributed by atoms with Gasteiger partial charge in [0, 0.05) is 23.7 Å². The van der Waals surface area contributed by atoms with Gasteiger partial charge in [-0.1, -0.05) is 12.8 Å². The van der Waals surface area contributed by atoms with Crippen LogP contribution in [-0.2, 0) is 11.0 Å². The van der Waals surface area contributed by atoms with E-state index in [1.54, 1.807) is 0 Å². The summed E-state index contributed by atoms with van der Waals surface area (Å²) >= 11 is 0. The summed E-state index contributed by atoms with van der Waals surface area (Å²) in [6, 6.07) is 2.07. The molecule has 2 N–H and O–H groups in total. The summed E-state index contributed by atoms with van der Waals surface area (Å²) in [6.45, 7) is 7.38. The predicted molar refractivity (Wildman–Crippen MR) is 81.7 cm³/mol. The molecule has 0 saturated heterocycles. The van der Waals surface area contributed by atoms with Gasteiger partial charge in [-0.25, -0.2) is 4.98 Å². The predicted octanol–water partition coefficient (Wildman–Crippen LogP) is 2.96. The lowest BCUT2D eigenvalue weighted by Gasteiger charge is -2.33. The molecule has 0 radical (unpaired) electrons. The van der Waals surface area contributed by atoms with E-state index < -0.39 is 0 Å². The third-order valence-electron chi connectivity index (χ3n) is 4.55. The summed E-state index contributed by atoms with van der Waals surface area (Å²) in [7, 11) is 0. The van der Waals surface area contributed by atoms with E-state index in [-0.39, 0.29) is 11.0 Å². The molecule has 0 unspecified atom stereocenters. The Labute approximate surface area is 120 Å². The van der Waals surface area contributed by atoms with Crippen molar-refractivity contribution in [2.45, 2.75) is 57.4 Å². The van der Waals surface area contributed by atoms with Gasteiger partial charge in [-0.3, -0.25) is 4.98 Å². The molecule has 0 aliphatic heterocycles. The van der Waals surface area contributed by atoms with Crippen molar-refractivity contribution in [1.29, 1.82) is 0 Å². The monoisotopic (exact) mass is 272 g/mol. The molecule has 0 amide bonds. The van der Waals surface area contributed by atoms with Crippen molar-refractivity contribution >= 4 is 11.0 Å². The van der Waals surface area contributed by atoms with E-state index in [4.69, 9.17) is 10.7 Å². The van der Waals surface area contributed by atoms with Crippen molar-refractivity contribution < 1.29 is 0 Å². The highest BCUT2D eigenvalue weighted by Crippen LogP contribution is 2.42. The molecule has 0 aromatic carbocycles. The van der Waals surface area contributed by atoms with Crippen molar-refractivity contribution in [3.05, 3.63) is 24.3 Å². The highest BCUT2D eigenvalue weighted by atomic mass is 15.2. The smallest absolute Gasteiger partial charge is 0.117 e. The van der Waals surface area contributed by atoms with Gasteiger partial charge in [0.05, 0.1) is 11.7 Å². The Kier molecular flexibility index (Phi) is 3.09. The molecular formula is C16H24N4. The lowest BCUT2D eigenvalue weighted by molar-refractivity contribution is 0.334. The maximum atomic E-state index is 6.17. The van der Waals surface area contributed by atoms with E-state index in [9.17, 15) is 0 Å². The zero-order chi connectivity index (χ0) is 14.4. The second-order valence-electron chi connectivity index (χ2n) is 7.00. The third kappa shape index (κ3) is 1.94. The summed E-state index contributed by atoms with van der Waals surface area (Å²) in [6.07, 6.45) is 8.51. The quantitative estimate of drug-likeness (QED) is 0.914. The van der Waals surface area contributed by atoms with Crippen LogP contribution in [0, 0.1) is 0 Å². The number of hydrogen-bond acceptors (Lipinski definition) is 3.